The minimum absolute atomic E-state index is 0.0169. The number of nitrogens with zero attached hydrogens (tertiary/aromatic N) is 1. The molecule has 1 aliphatic heterocycles. The molecule has 0 saturated carbocycles. The average Bonchev–Trinajstić information content (AvgIpc) is 2.46. The first kappa shape index (κ1) is 14.7. The van der Waals surface area contributed by atoms with E-state index in [2.05, 4.69) is 0 Å². The fourth-order valence-electron chi connectivity index (χ4n) is 2.40. The lowest BCUT2D eigenvalue weighted by Gasteiger charge is -2.31. The zero-order valence-corrected chi connectivity index (χ0v) is 12.4. The van der Waals surface area contributed by atoms with E-state index in [1.165, 1.54) is 0 Å². The lowest BCUT2D eigenvalue weighted by molar-refractivity contribution is -0.0124. The van der Waals surface area contributed by atoms with E-state index in [4.69, 9.17) is 14.2 Å². The second kappa shape index (κ2) is 6.13. The standard InChI is InChI=1S/C15H21NO4/c1-10-9-16(5-6-20-10)15(17)12-7-13(18-3)11(2)14(8-12)19-4/h7-8,10H,5-6,9H2,1-4H3. The Kier molecular flexibility index (Phi) is 4.49. The zero-order valence-electron chi connectivity index (χ0n) is 12.4. The number of carbonyl (C=O) groups is 1. The van der Waals surface area contributed by atoms with Gasteiger partial charge >= 0.3 is 0 Å². The van der Waals surface area contributed by atoms with Crippen molar-refractivity contribution in [1.29, 1.82) is 0 Å². The van der Waals surface area contributed by atoms with E-state index in [0.717, 1.165) is 5.56 Å². The Labute approximate surface area is 119 Å². The van der Waals surface area contributed by atoms with Crippen LogP contribution in [0.4, 0.5) is 0 Å². The predicted octanol–water partition coefficient (Wildman–Crippen LogP) is 1.87. The number of morpholine rings is 1. The van der Waals surface area contributed by atoms with E-state index in [1.807, 2.05) is 13.8 Å². The van der Waals surface area contributed by atoms with Gasteiger partial charge in [-0.15, -0.1) is 0 Å². The Balaban J connectivity index is 2.29. The van der Waals surface area contributed by atoms with Gasteiger partial charge in [0.2, 0.25) is 0 Å². The van der Waals surface area contributed by atoms with Gasteiger partial charge in [-0.05, 0) is 26.0 Å². The summed E-state index contributed by atoms with van der Waals surface area (Å²) in [4.78, 5) is 14.4. The molecule has 1 fully saturated rings. The number of hydrogen-bond acceptors (Lipinski definition) is 4. The molecule has 1 heterocycles. The molecule has 5 heteroatoms. The normalized spacial score (nSPS) is 18.8. The number of ether oxygens (including phenoxy) is 3. The Hall–Kier alpha value is -1.75. The molecule has 1 aromatic rings. The number of hydrogen-bond donors (Lipinski definition) is 0. The van der Waals surface area contributed by atoms with Gasteiger partial charge in [0.05, 0.1) is 26.9 Å². The minimum Gasteiger partial charge on any atom is -0.496 e. The van der Waals surface area contributed by atoms with E-state index in [1.54, 1.807) is 31.3 Å². The summed E-state index contributed by atoms with van der Waals surface area (Å²) in [6.07, 6.45) is 0.0712. The van der Waals surface area contributed by atoms with E-state index in [0.29, 0.717) is 36.8 Å². The third-order valence-electron chi connectivity index (χ3n) is 3.53. The van der Waals surface area contributed by atoms with Crippen LogP contribution < -0.4 is 9.47 Å². The largest absolute Gasteiger partial charge is 0.496 e. The van der Waals surface area contributed by atoms with Gasteiger partial charge in [-0.1, -0.05) is 0 Å². The molecule has 2 rings (SSSR count). The molecular formula is C15H21NO4. The summed E-state index contributed by atoms with van der Waals surface area (Å²) in [6, 6.07) is 3.53. The van der Waals surface area contributed by atoms with E-state index in [-0.39, 0.29) is 12.0 Å². The molecule has 0 bridgehead atoms. The summed E-state index contributed by atoms with van der Waals surface area (Å²) in [7, 11) is 3.18. The molecule has 0 aromatic heterocycles. The molecule has 0 spiro atoms. The van der Waals surface area contributed by atoms with Crippen LogP contribution in [-0.2, 0) is 4.74 Å². The highest BCUT2D eigenvalue weighted by Gasteiger charge is 2.24. The van der Waals surface area contributed by atoms with Gasteiger partial charge in [0.25, 0.3) is 5.91 Å². The monoisotopic (exact) mass is 279 g/mol. The van der Waals surface area contributed by atoms with Crippen molar-refractivity contribution in [3.63, 3.8) is 0 Å². The summed E-state index contributed by atoms with van der Waals surface area (Å²) in [5.74, 6) is 1.31. The van der Waals surface area contributed by atoms with Gasteiger partial charge in [-0.25, -0.2) is 0 Å². The van der Waals surface area contributed by atoms with Crippen LogP contribution in [0.1, 0.15) is 22.8 Å². The van der Waals surface area contributed by atoms with Crippen LogP contribution in [0.5, 0.6) is 11.5 Å². The van der Waals surface area contributed by atoms with Gasteiger partial charge in [-0.2, -0.15) is 0 Å². The van der Waals surface area contributed by atoms with E-state index < -0.39 is 0 Å². The van der Waals surface area contributed by atoms with Crippen LogP contribution in [-0.4, -0.2) is 50.8 Å². The van der Waals surface area contributed by atoms with Gasteiger partial charge in [0.15, 0.2) is 0 Å². The second-order valence-corrected chi connectivity index (χ2v) is 4.94. The molecule has 1 unspecified atom stereocenters. The quantitative estimate of drug-likeness (QED) is 0.847. The number of amides is 1. The van der Waals surface area contributed by atoms with E-state index in [9.17, 15) is 4.79 Å². The Bertz CT molecular complexity index is 476. The SMILES string of the molecule is COc1cc(C(=O)N2CCOC(C)C2)cc(OC)c1C. The van der Waals surface area contributed by atoms with Crippen molar-refractivity contribution < 1.29 is 19.0 Å². The van der Waals surface area contributed by atoms with Crippen LogP contribution in [0, 0.1) is 6.92 Å². The topological polar surface area (TPSA) is 48.0 Å². The number of carbonyl (C=O) groups excluding carboxylic acids is 1. The summed E-state index contributed by atoms with van der Waals surface area (Å²) >= 11 is 0. The molecule has 20 heavy (non-hydrogen) atoms. The molecule has 5 nitrogen and oxygen atoms in total. The van der Waals surface area contributed by atoms with Crippen molar-refractivity contribution in [2.45, 2.75) is 20.0 Å². The third kappa shape index (κ3) is 2.88. The minimum atomic E-state index is -0.0169. The first-order valence-corrected chi connectivity index (χ1v) is 6.70. The van der Waals surface area contributed by atoms with E-state index >= 15 is 0 Å². The summed E-state index contributed by atoms with van der Waals surface area (Å²) in [5, 5.41) is 0. The van der Waals surface area contributed by atoms with Gasteiger partial charge in [-0.3, -0.25) is 4.79 Å². The fraction of sp³-hybridized carbons (Fsp3) is 0.533. The molecular weight excluding hydrogens is 258 g/mol. The summed E-state index contributed by atoms with van der Waals surface area (Å²) in [6.45, 7) is 5.67. The fourth-order valence-corrected chi connectivity index (χ4v) is 2.40. The summed E-state index contributed by atoms with van der Waals surface area (Å²) < 4.78 is 16.1. The van der Waals surface area contributed by atoms with Crippen LogP contribution in [0.3, 0.4) is 0 Å². The molecule has 0 aliphatic carbocycles. The lowest BCUT2D eigenvalue weighted by atomic mass is 10.1. The van der Waals surface area contributed by atoms with Gasteiger partial charge < -0.3 is 19.1 Å². The Morgan fingerprint density at radius 2 is 1.90 bits per heavy atom. The number of methoxy groups -OCH3 is 2. The molecule has 1 atom stereocenters. The van der Waals surface area contributed by atoms with Crippen LogP contribution in [0.2, 0.25) is 0 Å². The van der Waals surface area contributed by atoms with Crippen molar-refractivity contribution in [2.75, 3.05) is 33.9 Å². The zero-order chi connectivity index (χ0) is 14.7. The maximum absolute atomic E-state index is 12.6. The number of rotatable bonds is 3. The highest BCUT2D eigenvalue weighted by atomic mass is 16.5. The maximum Gasteiger partial charge on any atom is 0.254 e. The maximum atomic E-state index is 12.6. The van der Waals surface area contributed by atoms with Crippen molar-refractivity contribution >= 4 is 5.91 Å². The van der Waals surface area contributed by atoms with Crippen molar-refractivity contribution in [1.82, 2.24) is 4.90 Å². The predicted molar refractivity (Wildman–Crippen MR) is 75.6 cm³/mol. The third-order valence-corrected chi connectivity index (χ3v) is 3.53. The van der Waals surface area contributed by atoms with Crippen molar-refractivity contribution in [3.05, 3.63) is 23.3 Å². The lowest BCUT2D eigenvalue weighted by Crippen LogP contribution is -2.44. The first-order valence-electron chi connectivity index (χ1n) is 6.70. The molecule has 1 aromatic carbocycles. The van der Waals surface area contributed by atoms with Crippen LogP contribution >= 0.6 is 0 Å². The Morgan fingerprint density at radius 3 is 2.40 bits per heavy atom. The highest BCUT2D eigenvalue weighted by Crippen LogP contribution is 2.30. The smallest absolute Gasteiger partial charge is 0.254 e. The van der Waals surface area contributed by atoms with Crippen LogP contribution in [0.15, 0.2) is 12.1 Å². The molecule has 1 saturated heterocycles. The molecule has 1 aliphatic rings. The Morgan fingerprint density at radius 1 is 1.30 bits per heavy atom. The van der Waals surface area contributed by atoms with Gasteiger partial charge in [0.1, 0.15) is 11.5 Å². The molecule has 0 N–H and O–H groups in total. The number of benzene rings is 1. The summed E-state index contributed by atoms with van der Waals surface area (Å²) in [5.41, 5.74) is 1.47. The average molecular weight is 279 g/mol. The highest BCUT2D eigenvalue weighted by molar-refractivity contribution is 5.95. The molecule has 1 amide bonds. The van der Waals surface area contributed by atoms with Crippen molar-refractivity contribution in [2.24, 2.45) is 0 Å². The van der Waals surface area contributed by atoms with Crippen molar-refractivity contribution in [3.8, 4) is 11.5 Å². The molecule has 110 valence electrons. The second-order valence-electron chi connectivity index (χ2n) is 4.94. The van der Waals surface area contributed by atoms with Crippen LogP contribution in [0.25, 0.3) is 0 Å². The van der Waals surface area contributed by atoms with Gasteiger partial charge in [0, 0.05) is 24.2 Å². The first-order chi connectivity index (χ1) is 9.56. The molecule has 0 radical (unpaired) electrons.